The summed E-state index contributed by atoms with van der Waals surface area (Å²) < 4.78 is 2.06. The molecular formula is C14H18N2O2. The normalized spacial score (nSPS) is 13.2. The van der Waals surface area contributed by atoms with Crippen LogP contribution in [0.5, 0.6) is 0 Å². The monoisotopic (exact) mass is 246 g/mol. The molecule has 4 nitrogen and oxygen atoms in total. The van der Waals surface area contributed by atoms with E-state index < -0.39 is 12.0 Å². The minimum absolute atomic E-state index is 0.268. The lowest BCUT2D eigenvalue weighted by Crippen LogP contribution is -2.20. The number of carboxylic acids is 1. The lowest BCUT2D eigenvalue weighted by atomic mass is 10.1. The van der Waals surface area contributed by atoms with E-state index in [-0.39, 0.29) is 6.04 Å². The van der Waals surface area contributed by atoms with Gasteiger partial charge in [-0.3, -0.25) is 4.79 Å². The fourth-order valence-electron chi connectivity index (χ4n) is 2.20. The zero-order valence-electron chi connectivity index (χ0n) is 10.8. The Hall–Kier alpha value is -1.81. The van der Waals surface area contributed by atoms with Crippen LogP contribution >= 0.6 is 0 Å². The fraction of sp³-hybridized carbons (Fsp3) is 0.357. The maximum atomic E-state index is 11.1. The molecule has 0 saturated carbocycles. The van der Waals surface area contributed by atoms with Crippen molar-refractivity contribution in [1.82, 2.24) is 4.57 Å². The molecule has 0 bridgehead atoms. The van der Waals surface area contributed by atoms with Crippen molar-refractivity contribution in [3.8, 4) is 0 Å². The van der Waals surface area contributed by atoms with E-state index >= 15 is 0 Å². The highest BCUT2D eigenvalue weighted by atomic mass is 16.4. The van der Waals surface area contributed by atoms with Gasteiger partial charge in [0, 0.05) is 28.7 Å². The summed E-state index contributed by atoms with van der Waals surface area (Å²) in [6.45, 7) is 6.12. The number of fused-ring (bicyclic) bond motifs is 1. The number of aromatic nitrogens is 1. The molecule has 96 valence electrons. The average Bonchev–Trinajstić information content (AvgIpc) is 2.66. The van der Waals surface area contributed by atoms with Gasteiger partial charge in [-0.2, -0.15) is 0 Å². The Bertz CT molecular complexity index is 599. The molecular weight excluding hydrogens is 228 g/mol. The maximum Gasteiger partial charge on any atom is 0.325 e. The summed E-state index contributed by atoms with van der Waals surface area (Å²) in [5, 5.41) is 10.0. The Labute approximate surface area is 106 Å². The third kappa shape index (κ3) is 1.99. The van der Waals surface area contributed by atoms with Gasteiger partial charge < -0.3 is 15.4 Å². The van der Waals surface area contributed by atoms with Gasteiger partial charge in [-0.15, -0.1) is 0 Å². The number of rotatable bonds is 3. The summed E-state index contributed by atoms with van der Waals surface area (Å²) in [7, 11) is 0. The van der Waals surface area contributed by atoms with Gasteiger partial charge in [-0.05, 0) is 32.9 Å². The number of aliphatic carboxylic acids is 1. The third-order valence-electron chi connectivity index (χ3n) is 3.18. The van der Waals surface area contributed by atoms with Gasteiger partial charge in [0.2, 0.25) is 0 Å². The largest absolute Gasteiger partial charge is 0.480 e. The third-order valence-corrected chi connectivity index (χ3v) is 3.18. The molecule has 0 amide bonds. The second-order valence-corrected chi connectivity index (χ2v) is 4.92. The number of carboxylic acid groups (broad SMARTS) is 1. The van der Waals surface area contributed by atoms with E-state index in [1.165, 1.54) is 0 Å². The van der Waals surface area contributed by atoms with Crippen molar-refractivity contribution in [2.45, 2.75) is 32.9 Å². The molecule has 2 aromatic rings. The van der Waals surface area contributed by atoms with Crippen LogP contribution in [0, 0.1) is 6.92 Å². The lowest BCUT2D eigenvalue weighted by Gasteiger charge is -2.08. The zero-order valence-corrected chi connectivity index (χ0v) is 10.8. The number of hydrogen-bond acceptors (Lipinski definition) is 2. The molecule has 0 aliphatic heterocycles. The molecule has 0 saturated heterocycles. The topological polar surface area (TPSA) is 68.2 Å². The van der Waals surface area contributed by atoms with Gasteiger partial charge in [0.15, 0.2) is 0 Å². The van der Waals surface area contributed by atoms with Gasteiger partial charge >= 0.3 is 5.97 Å². The molecule has 4 heteroatoms. The van der Waals surface area contributed by atoms with Crippen LogP contribution in [-0.2, 0) is 4.79 Å². The SMILES string of the molecule is Cc1ccc2c(c1)c(C(N)C(=O)O)cn2C(C)C. The molecule has 1 aromatic carbocycles. The Morgan fingerprint density at radius 3 is 2.61 bits per heavy atom. The Kier molecular flexibility index (Phi) is 3.13. The summed E-state index contributed by atoms with van der Waals surface area (Å²) in [6, 6.07) is 5.33. The number of nitrogens with zero attached hydrogens (tertiary/aromatic N) is 1. The molecule has 1 aromatic heterocycles. The van der Waals surface area contributed by atoms with E-state index in [2.05, 4.69) is 18.4 Å². The molecule has 3 N–H and O–H groups in total. The smallest absolute Gasteiger partial charge is 0.325 e. The Morgan fingerprint density at radius 1 is 1.39 bits per heavy atom. The molecule has 1 heterocycles. The number of hydrogen-bond donors (Lipinski definition) is 2. The number of nitrogens with two attached hydrogens (primary N) is 1. The minimum atomic E-state index is -1.00. The van der Waals surface area contributed by atoms with Crippen molar-refractivity contribution < 1.29 is 9.90 Å². The second kappa shape index (κ2) is 4.46. The predicted molar refractivity (Wildman–Crippen MR) is 71.6 cm³/mol. The van der Waals surface area contributed by atoms with Crippen LogP contribution < -0.4 is 5.73 Å². The van der Waals surface area contributed by atoms with Crippen molar-refractivity contribution in [3.63, 3.8) is 0 Å². The van der Waals surface area contributed by atoms with Crippen molar-refractivity contribution in [3.05, 3.63) is 35.5 Å². The molecule has 0 spiro atoms. The Morgan fingerprint density at radius 2 is 2.06 bits per heavy atom. The van der Waals surface area contributed by atoms with Gasteiger partial charge in [0.25, 0.3) is 0 Å². The van der Waals surface area contributed by atoms with E-state index in [9.17, 15) is 4.79 Å². The minimum Gasteiger partial charge on any atom is -0.480 e. The van der Waals surface area contributed by atoms with Gasteiger partial charge in [0.05, 0.1) is 0 Å². The molecule has 2 rings (SSSR count). The van der Waals surface area contributed by atoms with E-state index in [0.717, 1.165) is 16.5 Å². The first-order valence-electron chi connectivity index (χ1n) is 6.01. The average molecular weight is 246 g/mol. The van der Waals surface area contributed by atoms with E-state index in [1.807, 2.05) is 31.3 Å². The van der Waals surface area contributed by atoms with Gasteiger partial charge in [-0.25, -0.2) is 0 Å². The van der Waals surface area contributed by atoms with Crippen LogP contribution in [0.1, 0.15) is 37.1 Å². The van der Waals surface area contributed by atoms with Crippen LogP contribution in [0.4, 0.5) is 0 Å². The molecule has 0 radical (unpaired) electrons. The van der Waals surface area contributed by atoms with Crippen LogP contribution in [0.2, 0.25) is 0 Å². The molecule has 18 heavy (non-hydrogen) atoms. The number of aryl methyl sites for hydroxylation is 1. The van der Waals surface area contributed by atoms with Gasteiger partial charge in [0.1, 0.15) is 6.04 Å². The number of benzene rings is 1. The number of carbonyl (C=O) groups is 1. The summed E-state index contributed by atoms with van der Waals surface area (Å²) in [5.41, 5.74) is 8.56. The van der Waals surface area contributed by atoms with Crippen LogP contribution in [0.3, 0.4) is 0 Å². The maximum absolute atomic E-state index is 11.1. The van der Waals surface area contributed by atoms with Gasteiger partial charge in [-0.1, -0.05) is 11.6 Å². The van der Waals surface area contributed by atoms with Crippen molar-refractivity contribution in [2.75, 3.05) is 0 Å². The summed E-state index contributed by atoms with van der Waals surface area (Å²) >= 11 is 0. The summed E-state index contributed by atoms with van der Waals surface area (Å²) in [4.78, 5) is 11.1. The highest BCUT2D eigenvalue weighted by molar-refractivity contribution is 5.90. The molecule has 1 atom stereocenters. The van der Waals surface area contributed by atoms with Crippen molar-refractivity contribution in [1.29, 1.82) is 0 Å². The zero-order chi connectivity index (χ0) is 13.4. The van der Waals surface area contributed by atoms with Crippen LogP contribution in [0.15, 0.2) is 24.4 Å². The van der Waals surface area contributed by atoms with Crippen LogP contribution in [-0.4, -0.2) is 15.6 Å². The quantitative estimate of drug-likeness (QED) is 0.874. The lowest BCUT2D eigenvalue weighted by molar-refractivity contribution is -0.138. The van der Waals surface area contributed by atoms with E-state index in [1.54, 1.807) is 0 Å². The second-order valence-electron chi connectivity index (χ2n) is 4.92. The highest BCUT2D eigenvalue weighted by Crippen LogP contribution is 2.29. The first-order chi connectivity index (χ1) is 8.41. The van der Waals surface area contributed by atoms with Crippen molar-refractivity contribution >= 4 is 16.9 Å². The first-order valence-corrected chi connectivity index (χ1v) is 6.01. The standard InChI is InChI=1S/C14H18N2O2/c1-8(2)16-7-11(13(15)14(17)18)10-6-9(3)4-5-12(10)16/h4-8,13H,15H2,1-3H3,(H,17,18). The molecule has 0 aliphatic carbocycles. The fourth-order valence-corrected chi connectivity index (χ4v) is 2.20. The van der Waals surface area contributed by atoms with Crippen molar-refractivity contribution in [2.24, 2.45) is 5.73 Å². The highest BCUT2D eigenvalue weighted by Gasteiger charge is 2.20. The first kappa shape index (κ1) is 12.6. The molecule has 0 fully saturated rings. The molecule has 1 unspecified atom stereocenters. The molecule has 0 aliphatic rings. The van der Waals surface area contributed by atoms with E-state index in [0.29, 0.717) is 5.56 Å². The van der Waals surface area contributed by atoms with Crippen LogP contribution in [0.25, 0.3) is 10.9 Å². The predicted octanol–water partition coefficient (Wildman–Crippen LogP) is 2.62. The summed E-state index contributed by atoms with van der Waals surface area (Å²) in [6.07, 6.45) is 1.85. The summed E-state index contributed by atoms with van der Waals surface area (Å²) in [5.74, 6) is -1.00. The van der Waals surface area contributed by atoms with E-state index in [4.69, 9.17) is 10.8 Å². The Balaban J connectivity index is 2.73.